The Hall–Kier alpha value is -2.00. The van der Waals surface area contributed by atoms with Gasteiger partial charge in [-0.25, -0.2) is 0 Å². The molecule has 30 heavy (non-hydrogen) atoms. The van der Waals surface area contributed by atoms with Crippen LogP contribution in [-0.2, 0) is 17.7 Å². The summed E-state index contributed by atoms with van der Waals surface area (Å²) in [6.07, 6.45) is 0.347. The number of aromatic hydroxyl groups is 1. The molecule has 0 bridgehead atoms. The van der Waals surface area contributed by atoms with Gasteiger partial charge in [-0.1, -0.05) is 0 Å². The summed E-state index contributed by atoms with van der Waals surface area (Å²) in [5.74, 6) is 1.83. The molecule has 1 saturated carbocycles. The molecule has 160 valence electrons. The molecule has 0 radical (unpaired) electrons. The van der Waals surface area contributed by atoms with Gasteiger partial charge in [-0.3, -0.25) is 4.90 Å². The molecule has 2 aliphatic heterocycles. The van der Waals surface area contributed by atoms with Crippen molar-refractivity contribution in [3.63, 3.8) is 0 Å². The van der Waals surface area contributed by atoms with Crippen molar-refractivity contribution in [2.75, 3.05) is 18.4 Å². The smallest absolute Gasteiger partial charge is 0.416 e. The van der Waals surface area contributed by atoms with Gasteiger partial charge in [0.25, 0.3) is 0 Å². The lowest BCUT2D eigenvalue weighted by Gasteiger charge is -2.33. The number of phenolic OH excluding ortho intramolecular Hbond substituents is 1. The number of nitrogens with one attached hydrogen (secondary N) is 1. The van der Waals surface area contributed by atoms with Crippen molar-refractivity contribution in [1.29, 1.82) is 0 Å². The van der Waals surface area contributed by atoms with Crippen molar-refractivity contribution in [2.45, 2.75) is 55.4 Å². The number of hydrogen-bond donors (Lipinski definition) is 2. The largest absolute Gasteiger partial charge is 0.507 e. The lowest BCUT2D eigenvalue weighted by molar-refractivity contribution is -0.137. The number of fused-ring (bicyclic) bond motifs is 1. The lowest BCUT2D eigenvalue weighted by Crippen LogP contribution is -2.43. The molecule has 2 N–H and O–H groups in total. The number of thioether (sulfide) groups is 1. The van der Waals surface area contributed by atoms with Gasteiger partial charge >= 0.3 is 6.18 Å². The highest BCUT2D eigenvalue weighted by molar-refractivity contribution is 7.98. The van der Waals surface area contributed by atoms with Crippen LogP contribution in [0.15, 0.2) is 18.2 Å². The fourth-order valence-electron chi connectivity index (χ4n) is 4.40. The van der Waals surface area contributed by atoms with E-state index in [9.17, 15) is 18.3 Å². The normalized spacial score (nSPS) is 22.2. The SMILES string of the molecule is Oc1cc(C(F)(F)F)ccc1-c1nnc(N[C@@H]2CCCN(C3CC3)C2)c2c1CSC2. The van der Waals surface area contributed by atoms with Crippen LogP contribution in [0.2, 0.25) is 0 Å². The molecule has 3 aliphatic rings. The fraction of sp³-hybridized carbons (Fsp3) is 0.524. The van der Waals surface area contributed by atoms with Crippen LogP contribution < -0.4 is 5.32 Å². The zero-order valence-corrected chi connectivity index (χ0v) is 17.2. The third-order valence-electron chi connectivity index (χ3n) is 6.12. The highest BCUT2D eigenvalue weighted by atomic mass is 32.2. The molecule has 0 amide bonds. The van der Waals surface area contributed by atoms with Gasteiger partial charge in [0.05, 0.1) is 5.56 Å². The molecule has 3 heterocycles. The monoisotopic (exact) mass is 436 g/mol. The molecular weight excluding hydrogens is 413 g/mol. The van der Waals surface area contributed by atoms with Gasteiger partial charge in [-0.2, -0.15) is 24.9 Å². The second kappa shape index (κ2) is 7.60. The zero-order chi connectivity index (χ0) is 20.9. The van der Waals surface area contributed by atoms with E-state index in [0.717, 1.165) is 66.8 Å². The molecule has 0 spiro atoms. The summed E-state index contributed by atoms with van der Waals surface area (Å²) >= 11 is 1.72. The van der Waals surface area contributed by atoms with E-state index in [1.54, 1.807) is 11.8 Å². The van der Waals surface area contributed by atoms with Crippen molar-refractivity contribution in [3.05, 3.63) is 34.9 Å². The van der Waals surface area contributed by atoms with Crippen LogP contribution in [0.1, 0.15) is 42.4 Å². The van der Waals surface area contributed by atoms with Gasteiger partial charge in [0.2, 0.25) is 0 Å². The highest BCUT2D eigenvalue weighted by Gasteiger charge is 2.34. The molecule has 2 aromatic rings. The van der Waals surface area contributed by atoms with Crippen molar-refractivity contribution in [1.82, 2.24) is 15.1 Å². The van der Waals surface area contributed by atoms with Crippen LogP contribution in [0.4, 0.5) is 19.0 Å². The Balaban J connectivity index is 1.42. The van der Waals surface area contributed by atoms with Crippen molar-refractivity contribution < 1.29 is 18.3 Å². The minimum atomic E-state index is -4.50. The van der Waals surface area contributed by atoms with E-state index in [1.165, 1.54) is 18.9 Å². The number of piperidine rings is 1. The number of rotatable bonds is 4. The van der Waals surface area contributed by atoms with Gasteiger partial charge in [-0.15, -0.1) is 10.2 Å². The Kier molecular flexibility index (Phi) is 5.05. The Labute approximate surface area is 177 Å². The zero-order valence-electron chi connectivity index (χ0n) is 16.4. The third kappa shape index (κ3) is 3.85. The average molecular weight is 437 g/mol. The molecule has 1 aliphatic carbocycles. The summed E-state index contributed by atoms with van der Waals surface area (Å²) in [5, 5.41) is 22.6. The van der Waals surface area contributed by atoms with Crippen LogP contribution in [0, 0.1) is 0 Å². The second-order valence-corrected chi connectivity index (χ2v) is 9.27. The number of aromatic nitrogens is 2. The average Bonchev–Trinajstić information content (AvgIpc) is 3.45. The van der Waals surface area contributed by atoms with Crippen LogP contribution in [-0.4, -0.2) is 45.4 Å². The van der Waals surface area contributed by atoms with Gasteiger partial charge in [0.1, 0.15) is 11.4 Å². The first-order valence-corrected chi connectivity index (χ1v) is 11.4. The van der Waals surface area contributed by atoms with Crippen molar-refractivity contribution in [3.8, 4) is 17.0 Å². The molecule has 5 nitrogen and oxygen atoms in total. The molecule has 5 rings (SSSR count). The Morgan fingerprint density at radius 2 is 1.90 bits per heavy atom. The van der Waals surface area contributed by atoms with Crippen LogP contribution in [0.5, 0.6) is 5.75 Å². The van der Waals surface area contributed by atoms with E-state index in [-0.39, 0.29) is 0 Å². The standard InChI is InChI=1S/C21H23F3N4OS/c22-21(23,24)12-3-6-15(18(29)8-12)19-16-10-30-11-17(16)20(27-26-19)25-13-2-1-7-28(9-13)14-4-5-14/h3,6,8,13-14,29H,1-2,4-5,7,9-11H2,(H,25,27)/t13-/m1/s1. The van der Waals surface area contributed by atoms with E-state index in [2.05, 4.69) is 20.4 Å². The number of nitrogens with zero attached hydrogens (tertiary/aromatic N) is 3. The number of alkyl halides is 3. The summed E-state index contributed by atoms with van der Waals surface area (Å²) in [5.41, 5.74) is 1.88. The number of hydrogen-bond acceptors (Lipinski definition) is 6. The fourth-order valence-corrected chi connectivity index (χ4v) is 5.53. The lowest BCUT2D eigenvalue weighted by atomic mass is 10.0. The molecule has 1 atom stereocenters. The summed E-state index contributed by atoms with van der Waals surface area (Å²) < 4.78 is 38.8. The van der Waals surface area contributed by atoms with Crippen molar-refractivity contribution in [2.24, 2.45) is 0 Å². The van der Waals surface area contributed by atoms with Crippen molar-refractivity contribution >= 4 is 17.6 Å². The Morgan fingerprint density at radius 1 is 1.10 bits per heavy atom. The van der Waals surface area contributed by atoms with E-state index in [4.69, 9.17) is 0 Å². The molecule has 1 aromatic heterocycles. The highest BCUT2D eigenvalue weighted by Crippen LogP contribution is 2.42. The molecule has 0 unspecified atom stereocenters. The Bertz CT molecular complexity index is 964. The first-order chi connectivity index (χ1) is 14.4. The van der Waals surface area contributed by atoms with Gasteiger partial charge < -0.3 is 10.4 Å². The third-order valence-corrected chi connectivity index (χ3v) is 7.10. The van der Waals surface area contributed by atoms with E-state index in [1.807, 2.05) is 0 Å². The predicted octanol–water partition coefficient (Wildman–Crippen LogP) is 4.65. The molecule has 2 fully saturated rings. The quantitative estimate of drug-likeness (QED) is 0.727. The minimum absolute atomic E-state index is 0.290. The van der Waals surface area contributed by atoms with E-state index < -0.39 is 17.5 Å². The number of benzene rings is 1. The summed E-state index contributed by atoms with van der Waals surface area (Å²) in [7, 11) is 0. The van der Waals surface area contributed by atoms with E-state index in [0.29, 0.717) is 23.1 Å². The number of anilines is 1. The summed E-state index contributed by atoms with van der Waals surface area (Å²) in [4.78, 5) is 2.55. The van der Waals surface area contributed by atoms with Crippen LogP contribution in [0.3, 0.4) is 0 Å². The van der Waals surface area contributed by atoms with Gasteiger partial charge in [-0.05, 0) is 56.0 Å². The van der Waals surface area contributed by atoms with Crippen LogP contribution in [0.25, 0.3) is 11.3 Å². The topological polar surface area (TPSA) is 61.3 Å². The first-order valence-electron chi connectivity index (χ1n) is 10.3. The molecule has 9 heteroatoms. The van der Waals surface area contributed by atoms with Crippen LogP contribution >= 0.6 is 11.8 Å². The minimum Gasteiger partial charge on any atom is -0.507 e. The molecular formula is C21H23F3N4OS. The predicted molar refractivity (Wildman–Crippen MR) is 110 cm³/mol. The maximum atomic E-state index is 12.9. The van der Waals surface area contributed by atoms with Gasteiger partial charge in [0.15, 0.2) is 5.82 Å². The number of halogens is 3. The van der Waals surface area contributed by atoms with E-state index >= 15 is 0 Å². The van der Waals surface area contributed by atoms with Gasteiger partial charge in [0, 0.05) is 41.3 Å². The molecule has 1 saturated heterocycles. The second-order valence-electron chi connectivity index (χ2n) is 8.29. The number of likely N-dealkylation sites (tertiary alicyclic amines) is 1. The first kappa shape index (κ1) is 19.9. The maximum Gasteiger partial charge on any atom is 0.416 e. The molecule has 1 aromatic carbocycles. The number of phenols is 1. The summed E-state index contributed by atoms with van der Waals surface area (Å²) in [6.45, 7) is 2.17. The summed E-state index contributed by atoms with van der Waals surface area (Å²) in [6, 6.07) is 4.09. The Morgan fingerprint density at radius 3 is 2.63 bits per heavy atom. The maximum absolute atomic E-state index is 12.9.